The minimum absolute atomic E-state index is 0.0727. The number of nitrogens with one attached hydrogen (secondary N) is 1. The number of ether oxygens (including phenoxy) is 2. The lowest BCUT2D eigenvalue weighted by Gasteiger charge is -2.32. The fourth-order valence-corrected chi connectivity index (χ4v) is 5.73. The summed E-state index contributed by atoms with van der Waals surface area (Å²) in [5, 5.41) is 2.90. The minimum atomic E-state index is -4.37. The number of carbonyl (C=O) groups is 2. The van der Waals surface area contributed by atoms with Crippen molar-refractivity contribution in [3.05, 3.63) is 83.7 Å². The molecule has 11 heteroatoms. The van der Waals surface area contributed by atoms with E-state index in [-0.39, 0.29) is 34.8 Å². The van der Waals surface area contributed by atoms with E-state index < -0.39 is 34.3 Å². The number of carbonyl (C=O) groups excluding carboxylic acids is 2. The van der Waals surface area contributed by atoms with Gasteiger partial charge in [0.05, 0.1) is 24.8 Å². The lowest BCUT2D eigenvalue weighted by Crippen LogP contribution is -2.52. The molecule has 226 valence electrons. The normalized spacial score (nSPS) is 12.6. The van der Waals surface area contributed by atoms with E-state index in [0.717, 1.165) is 27.6 Å². The highest BCUT2D eigenvalue weighted by Gasteiger charge is 2.33. The summed E-state index contributed by atoms with van der Waals surface area (Å²) < 4.78 is 53.3. The van der Waals surface area contributed by atoms with Crippen molar-refractivity contribution in [1.82, 2.24) is 10.2 Å². The number of nitrogens with zero attached hydrogens (tertiary/aromatic N) is 2. The standard InChI is InChI=1S/C31H38FN3O6S/c1-7-22(3)33-31(37)23(4)34(19-24-10-8-9-21(2)17-24)30(36)20-35(26-13-11-25(32)12-14-26)42(38,39)27-15-16-28(40-5)29(18-27)41-6/h8-18,22-23H,7,19-20H2,1-6H3,(H,33,37)/t22-,23+/m0/s1. The molecule has 3 rings (SSSR count). The van der Waals surface area contributed by atoms with Gasteiger partial charge >= 0.3 is 0 Å². The highest BCUT2D eigenvalue weighted by Crippen LogP contribution is 2.32. The summed E-state index contributed by atoms with van der Waals surface area (Å²) in [6.07, 6.45) is 0.701. The third kappa shape index (κ3) is 7.79. The maximum atomic E-state index is 14.0. The summed E-state index contributed by atoms with van der Waals surface area (Å²) in [5.74, 6) is -1.03. The zero-order chi connectivity index (χ0) is 31.0. The molecule has 0 aliphatic heterocycles. The number of anilines is 1. The molecule has 0 saturated carbocycles. The van der Waals surface area contributed by atoms with Gasteiger partial charge in [-0.25, -0.2) is 12.8 Å². The fraction of sp³-hybridized carbons (Fsp3) is 0.355. The van der Waals surface area contributed by atoms with E-state index in [1.54, 1.807) is 6.92 Å². The first-order chi connectivity index (χ1) is 19.9. The van der Waals surface area contributed by atoms with Gasteiger partial charge in [-0.15, -0.1) is 0 Å². The molecule has 0 saturated heterocycles. The van der Waals surface area contributed by atoms with E-state index in [1.807, 2.05) is 45.0 Å². The highest BCUT2D eigenvalue weighted by molar-refractivity contribution is 7.92. The van der Waals surface area contributed by atoms with Crippen LogP contribution in [0.1, 0.15) is 38.3 Å². The topological polar surface area (TPSA) is 105 Å². The zero-order valence-electron chi connectivity index (χ0n) is 24.8. The van der Waals surface area contributed by atoms with Crippen LogP contribution < -0.4 is 19.1 Å². The quantitative estimate of drug-likeness (QED) is 0.306. The molecule has 0 bridgehead atoms. The van der Waals surface area contributed by atoms with Gasteiger partial charge in [0.25, 0.3) is 10.0 Å². The van der Waals surface area contributed by atoms with Crippen LogP contribution in [-0.2, 0) is 26.2 Å². The van der Waals surface area contributed by atoms with E-state index in [9.17, 15) is 22.4 Å². The minimum Gasteiger partial charge on any atom is -0.493 e. The number of amides is 2. The van der Waals surface area contributed by atoms with Gasteiger partial charge < -0.3 is 19.7 Å². The number of sulfonamides is 1. The van der Waals surface area contributed by atoms with Crippen LogP contribution in [0.4, 0.5) is 10.1 Å². The van der Waals surface area contributed by atoms with E-state index in [4.69, 9.17) is 9.47 Å². The first-order valence-corrected chi connectivity index (χ1v) is 15.0. The lowest BCUT2D eigenvalue weighted by molar-refractivity contribution is -0.139. The second-order valence-electron chi connectivity index (χ2n) is 10.0. The molecular formula is C31H38FN3O6S. The molecule has 0 heterocycles. The van der Waals surface area contributed by atoms with Gasteiger partial charge in [0, 0.05) is 18.7 Å². The van der Waals surface area contributed by atoms with Crippen LogP contribution >= 0.6 is 0 Å². The van der Waals surface area contributed by atoms with Gasteiger partial charge in [-0.05, 0) is 69.2 Å². The molecule has 3 aromatic rings. The van der Waals surface area contributed by atoms with E-state index in [0.29, 0.717) is 12.2 Å². The number of aryl methyl sites for hydroxylation is 1. The van der Waals surface area contributed by atoms with Crippen molar-refractivity contribution in [3.63, 3.8) is 0 Å². The van der Waals surface area contributed by atoms with Gasteiger partial charge in [-0.1, -0.05) is 36.8 Å². The molecule has 42 heavy (non-hydrogen) atoms. The number of methoxy groups -OCH3 is 2. The van der Waals surface area contributed by atoms with Crippen molar-refractivity contribution in [2.24, 2.45) is 0 Å². The van der Waals surface area contributed by atoms with Crippen molar-refractivity contribution < 1.29 is 31.9 Å². The van der Waals surface area contributed by atoms with E-state index in [2.05, 4.69) is 5.32 Å². The maximum absolute atomic E-state index is 14.0. The lowest BCUT2D eigenvalue weighted by atomic mass is 10.1. The van der Waals surface area contributed by atoms with Gasteiger partial charge in [0.15, 0.2) is 11.5 Å². The SMILES string of the molecule is CC[C@H](C)NC(=O)[C@@H](C)N(Cc1cccc(C)c1)C(=O)CN(c1ccc(F)cc1)S(=O)(=O)c1ccc(OC)c(OC)c1. The third-order valence-electron chi connectivity index (χ3n) is 6.94. The number of hydrogen-bond acceptors (Lipinski definition) is 6. The summed E-state index contributed by atoms with van der Waals surface area (Å²) >= 11 is 0. The molecule has 1 N–H and O–H groups in total. The van der Waals surface area contributed by atoms with Crippen molar-refractivity contribution in [1.29, 1.82) is 0 Å². The number of hydrogen-bond donors (Lipinski definition) is 1. The Balaban J connectivity index is 2.06. The Morgan fingerprint density at radius 2 is 1.62 bits per heavy atom. The molecule has 0 radical (unpaired) electrons. The van der Waals surface area contributed by atoms with Gasteiger partial charge in [0.2, 0.25) is 11.8 Å². The van der Waals surface area contributed by atoms with Crippen molar-refractivity contribution >= 4 is 27.5 Å². The molecule has 0 unspecified atom stereocenters. The summed E-state index contributed by atoms with van der Waals surface area (Å²) in [7, 11) is -1.57. The maximum Gasteiger partial charge on any atom is 0.264 e. The van der Waals surface area contributed by atoms with Crippen LogP contribution in [0.3, 0.4) is 0 Å². The Morgan fingerprint density at radius 1 is 0.952 bits per heavy atom. The van der Waals surface area contributed by atoms with Gasteiger partial charge in [-0.3, -0.25) is 13.9 Å². The van der Waals surface area contributed by atoms with Gasteiger partial charge in [-0.2, -0.15) is 0 Å². The van der Waals surface area contributed by atoms with Crippen LogP contribution in [-0.4, -0.2) is 58.0 Å². The second-order valence-corrected chi connectivity index (χ2v) is 11.9. The molecule has 2 amide bonds. The molecule has 9 nitrogen and oxygen atoms in total. The van der Waals surface area contributed by atoms with Crippen molar-refractivity contribution in [2.75, 3.05) is 25.1 Å². The Hall–Kier alpha value is -4.12. The number of benzene rings is 3. The number of halogens is 1. The van der Waals surface area contributed by atoms with Gasteiger partial charge in [0.1, 0.15) is 18.4 Å². The van der Waals surface area contributed by atoms with Crippen molar-refractivity contribution in [2.45, 2.75) is 57.6 Å². The molecule has 0 spiro atoms. The number of rotatable bonds is 13. The first kappa shape index (κ1) is 32.4. The molecule has 0 aromatic heterocycles. The Kier molecular flexibility index (Phi) is 10.9. The van der Waals surface area contributed by atoms with E-state index >= 15 is 0 Å². The first-order valence-electron chi connectivity index (χ1n) is 13.6. The average molecular weight is 600 g/mol. The largest absolute Gasteiger partial charge is 0.493 e. The molecular weight excluding hydrogens is 561 g/mol. The second kappa shape index (κ2) is 14.2. The predicted molar refractivity (Wildman–Crippen MR) is 160 cm³/mol. The van der Waals surface area contributed by atoms with E-state index in [1.165, 1.54) is 49.5 Å². The van der Waals surface area contributed by atoms with Crippen LogP contribution in [0.25, 0.3) is 0 Å². The summed E-state index contributed by atoms with van der Waals surface area (Å²) in [6.45, 7) is 6.75. The molecule has 2 atom stereocenters. The predicted octanol–water partition coefficient (Wildman–Crippen LogP) is 4.68. The summed E-state index contributed by atoms with van der Waals surface area (Å²) in [4.78, 5) is 28.4. The Morgan fingerprint density at radius 3 is 2.21 bits per heavy atom. The van der Waals surface area contributed by atoms with Crippen LogP contribution in [0, 0.1) is 12.7 Å². The monoisotopic (exact) mass is 599 g/mol. The van der Waals surface area contributed by atoms with Crippen LogP contribution in [0.15, 0.2) is 71.6 Å². The average Bonchev–Trinajstić information content (AvgIpc) is 2.98. The smallest absolute Gasteiger partial charge is 0.264 e. The molecule has 3 aromatic carbocycles. The summed E-state index contributed by atoms with van der Waals surface area (Å²) in [5.41, 5.74) is 1.83. The third-order valence-corrected chi connectivity index (χ3v) is 8.71. The van der Waals surface area contributed by atoms with Crippen LogP contribution in [0.5, 0.6) is 11.5 Å². The molecule has 0 aliphatic carbocycles. The van der Waals surface area contributed by atoms with Crippen molar-refractivity contribution in [3.8, 4) is 11.5 Å². The Bertz CT molecular complexity index is 1500. The Labute approximate surface area is 247 Å². The zero-order valence-corrected chi connectivity index (χ0v) is 25.6. The molecule has 0 aliphatic rings. The molecule has 0 fully saturated rings. The summed E-state index contributed by atoms with van der Waals surface area (Å²) in [6, 6.07) is 15.4. The van der Waals surface area contributed by atoms with Crippen LogP contribution in [0.2, 0.25) is 0 Å². The highest BCUT2D eigenvalue weighted by atomic mass is 32.2. The fourth-order valence-electron chi connectivity index (χ4n) is 4.30.